The monoisotopic (exact) mass is 461 g/mol. The molecule has 1 saturated heterocycles. The molecule has 1 amide bonds. The molecule has 0 atom stereocenters. The number of thioether (sulfide) groups is 1. The van der Waals surface area contributed by atoms with E-state index in [0.29, 0.717) is 49.1 Å². The number of hydrogen-bond donors (Lipinski definition) is 0. The van der Waals surface area contributed by atoms with Crippen molar-refractivity contribution >= 4 is 23.6 Å². The first kappa shape index (κ1) is 23.0. The molecule has 2 fully saturated rings. The molecule has 7 nitrogen and oxygen atoms in total. The molecule has 2 aromatic rings. The van der Waals surface area contributed by atoms with Crippen LogP contribution in [0.1, 0.15) is 46.0 Å². The van der Waals surface area contributed by atoms with E-state index < -0.39 is 0 Å². The minimum Gasteiger partial charge on any atom is -0.378 e. The molecule has 9 heteroatoms. The van der Waals surface area contributed by atoms with Crippen molar-refractivity contribution in [1.29, 1.82) is 0 Å². The molecule has 32 heavy (non-hydrogen) atoms. The highest BCUT2D eigenvalue weighted by Crippen LogP contribution is 2.29. The van der Waals surface area contributed by atoms with E-state index in [4.69, 9.17) is 4.74 Å². The molecule has 2 heterocycles. The number of aromatic nitrogens is 3. The van der Waals surface area contributed by atoms with Crippen LogP contribution in [0, 0.1) is 5.82 Å². The van der Waals surface area contributed by atoms with Gasteiger partial charge < -0.3 is 14.5 Å². The van der Waals surface area contributed by atoms with E-state index >= 15 is 0 Å². The second kappa shape index (κ2) is 10.7. The van der Waals surface area contributed by atoms with Gasteiger partial charge in [-0.15, -0.1) is 10.2 Å². The lowest BCUT2D eigenvalue weighted by molar-refractivity contribution is -0.133. The van der Waals surface area contributed by atoms with E-state index in [1.54, 1.807) is 6.07 Å². The van der Waals surface area contributed by atoms with Gasteiger partial charge in [0.2, 0.25) is 11.9 Å². The Hall–Kier alpha value is -2.13. The Labute approximate surface area is 193 Å². The van der Waals surface area contributed by atoms with Crippen LogP contribution in [-0.4, -0.2) is 69.7 Å². The van der Waals surface area contributed by atoms with Gasteiger partial charge in [0.1, 0.15) is 5.82 Å². The Balaban J connectivity index is 1.56. The van der Waals surface area contributed by atoms with Gasteiger partial charge in [-0.2, -0.15) is 0 Å². The highest BCUT2D eigenvalue weighted by Gasteiger charge is 2.29. The van der Waals surface area contributed by atoms with Crippen LogP contribution in [0.3, 0.4) is 0 Å². The summed E-state index contributed by atoms with van der Waals surface area (Å²) in [5.41, 5.74) is 0.652. The summed E-state index contributed by atoms with van der Waals surface area (Å²) < 4.78 is 21.3. The van der Waals surface area contributed by atoms with Crippen LogP contribution in [-0.2, 0) is 9.53 Å². The molecule has 1 aliphatic heterocycles. The van der Waals surface area contributed by atoms with Crippen LogP contribution in [0.2, 0.25) is 0 Å². The zero-order valence-electron chi connectivity index (χ0n) is 18.9. The van der Waals surface area contributed by atoms with Gasteiger partial charge in [0, 0.05) is 25.2 Å². The maximum absolute atomic E-state index is 14.0. The second-order valence-corrected chi connectivity index (χ2v) is 9.62. The standard InChI is InChI=1S/C23H32FN5O2S/c1-17(2)28(19-8-4-3-5-9-19)21(30)16-32-23-26-25-22(27-11-13-31-14-12-27)29(23)20-10-6-7-18(24)15-20/h6-7,10,15,17,19H,3-5,8-9,11-14,16H2,1-2H3. The predicted octanol–water partition coefficient (Wildman–Crippen LogP) is 3.90. The van der Waals surface area contributed by atoms with Crippen LogP contribution in [0.4, 0.5) is 10.3 Å². The summed E-state index contributed by atoms with van der Waals surface area (Å²) in [6.45, 7) is 6.79. The Bertz CT molecular complexity index is 910. The third-order valence-corrected chi connectivity index (χ3v) is 7.03. The molecule has 1 aliphatic carbocycles. The zero-order chi connectivity index (χ0) is 22.5. The maximum Gasteiger partial charge on any atom is 0.233 e. The van der Waals surface area contributed by atoms with Gasteiger partial charge in [-0.3, -0.25) is 9.36 Å². The quantitative estimate of drug-likeness (QED) is 0.583. The number of rotatable bonds is 7. The number of nitrogens with zero attached hydrogens (tertiary/aromatic N) is 5. The first-order valence-corrected chi connectivity index (χ1v) is 12.5. The van der Waals surface area contributed by atoms with Crippen LogP contribution < -0.4 is 4.90 Å². The number of morpholine rings is 1. The molecule has 0 spiro atoms. The maximum atomic E-state index is 14.0. The summed E-state index contributed by atoms with van der Waals surface area (Å²) in [5.74, 6) is 0.741. The first-order valence-electron chi connectivity index (χ1n) is 11.5. The van der Waals surface area contributed by atoms with Gasteiger partial charge in [-0.25, -0.2) is 4.39 Å². The van der Waals surface area contributed by atoms with Crippen molar-refractivity contribution in [2.75, 3.05) is 37.0 Å². The lowest BCUT2D eigenvalue weighted by Crippen LogP contribution is -2.46. The minimum atomic E-state index is -0.320. The number of carbonyl (C=O) groups excluding carboxylic acids is 1. The van der Waals surface area contributed by atoms with Gasteiger partial charge in [0.05, 0.1) is 24.7 Å². The Morgan fingerprint density at radius 1 is 1.22 bits per heavy atom. The van der Waals surface area contributed by atoms with Crippen LogP contribution in [0.25, 0.3) is 5.69 Å². The van der Waals surface area contributed by atoms with Crippen molar-refractivity contribution in [2.24, 2.45) is 0 Å². The number of amides is 1. The number of halogens is 1. The highest BCUT2D eigenvalue weighted by atomic mass is 32.2. The van der Waals surface area contributed by atoms with E-state index in [0.717, 1.165) is 12.8 Å². The number of carbonyl (C=O) groups is 1. The first-order chi connectivity index (χ1) is 15.5. The number of benzene rings is 1. The zero-order valence-corrected chi connectivity index (χ0v) is 19.7. The molecular formula is C23H32FN5O2S. The summed E-state index contributed by atoms with van der Waals surface area (Å²) in [4.78, 5) is 17.4. The van der Waals surface area contributed by atoms with Gasteiger partial charge in [0.15, 0.2) is 5.16 Å². The number of anilines is 1. The van der Waals surface area contributed by atoms with Gasteiger partial charge in [0.25, 0.3) is 0 Å². The lowest BCUT2D eigenvalue weighted by atomic mass is 9.93. The van der Waals surface area contributed by atoms with Crippen LogP contribution in [0.15, 0.2) is 29.4 Å². The molecule has 0 bridgehead atoms. The van der Waals surface area contributed by atoms with Gasteiger partial charge in [-0.05, 0) is 44.9 Å². The Kier molecular flexibility index (Phi) is 7.67. The summed E-state index contributed by atoms with van der Waals surface area (Å²) in [5, 5.41) is 9.39. The van der Waals surface area contributed by atoms with E-state index in [2.05, 4.69) is 33.8 Å². The van der Waals surface area contributed by atoms with E-state index in [9.17, 15) is 9.18 Å². The average Bonchev–Trinajstić information content (AvgIpc) is 3.23. The Morgan fingerprint density at radius 3 is 2.66 bits per heavy atom. The third kappa shape index (κ3) is 5.26. The van der Waals surface area contributed by atoms with Crippen molar-refractivity contribution in [3.63, 3.8) is 0 Å². The summed E-state index contributed by atoms with van der Waals surface area (Å²) >= 11 is 1.37. The summed E-state index contributed by atoms with van der Waals surface area (Å²) in [7, 11) is 0. The number of ether oxygens (including phenoxy) is 1. The SMILES string of the molecule is CC(C)N(C(=O)CSc1nnc(N2CCOCC2)n1-c1cccc(F)c1)C1CCCCC1. The Morgan fingerprint density at radius 2 is 1.97 bits per heavy atom. The van der Waals surface area contributed by atoms with Crippen molar-refractivity contribution < 1.29 is 13.9 Å². The van der Waals surface area contributed by atoms with E-state index in [-0.39, 0.29) is 23.5 Å². The van der Waals surface area contributed by atoms with Crippen molar-refractivity contribution in [1.82, 2.24) is 19.7 Å². The molecule has 1 aromatic carbocycles. The summed E-state index contributed by atoms with van der Waals surface area (Å²) in [6.07, 6.45) is 5.78. The molecule has 0 radical (unpaired) electrons. The van der Waals surface area contributed by atoms with E-state index in [1.165, 1.54) is 43.2 Å². The fourth-order valence-electron chi connectivity index (χ4n) is 4.64. The van der Waals surface area contributed by atoms with Crippen LogP contribution in [0.5, 0.6) is 0 Å². The smallest absolute Gasteiger partial charge is 0.233 e. The third-order valence-electron chi connectivity index (χ3n) is 6.11. The summed E-state index contributed by atoms with van der Waals surface area (Å²) in [6, 6.07) is 6.89. The largest absolute Gasteiger partial charge is 0.378 e. The molecule has 4 rings (SSSR count). The average molecular weight is 462 g/mol. The number of hydrogen-bond acceptors (Lipinski definition) is 6. The molecule has 1 saturated carbocycles. The highest BCUT2D eigenvalue weighted by molar-refractivity contribution is 7.99. The second-order valence-electron chi connectivity index (χ2n) is 8.67. The minimum absolute atomic E-state index is 0.124. The van der Waals surface area contributed by atoms with Crippen molar-refractivity contribution in [3.05, 3.63) is 30.1 Å². The molecule has 174 valence electrons. The van der Waals surface area contributed by atoms with Crippen LogP contribution >= 0.6 is 11.8 Å². The van der Waals surface area contributed by atoms with Gasteiger partial charge in [-0.1, -0.05) is 37.1 Å². The molecule has 2 aliphatic rings. The molecule has 0 N–H and O–H groups in total. The van der Waals surface area contributed by atoms with Gasteiger partial charge >= 0.3 is 0 Å². The normalized spacial score (nSPS) is 17.7. The fourth-order valence-corrected chi connectivity index (χ4v) is 5.45. The lowest BCUT2D eigenvalue weighted by Gasteiger charge is -2.37. The van der Waals surface area contributed by atoms with Crippen molar-refractivity contribution in [3.8, 4) is 5.69 Å². The topological polar surface area (TPSA) is 63.5 Å². The predicted molar refractivity (Wildman–Crippen MR) is 124 cm³/mol. The van der Waals surface area contributed by atoms with Crippen molar-refractivity contribution in [2.45, 2.75) is 63.2 Å². The fraction of sp³-hybridized carbons (Fsp3) is 0.609. The molecule has 0 unspecified atom stereocenters. The molecule has 1 aromatic heterocycles. The van der Waals surface area contributed by atoms with E-state index in [1.807, 2.05) is 10.6 Å². The molecular weight excluding hydrogens is 429 g/mol.